The van der Waals surface area contributed by atoms with E-state index < -0.39 is 30.3 Å². The Bertz CT molecular complexity index is 968. The van der Waals surface area contributed by atoms with E-state index in [-0.39, 0.29) is 6.61 Å². The van der Waals surface area contributed by atoms with Crippen LogP contribution in [0.1, 0.15) is 39.2 Å². The fourth-order valence-electron chi connectivity index (χ4n) is 3.81. The van der Waals surface area contributed by atoms with Gasteiger partial charge in [-0.15, -0.1) is 11.3 Å². The molecule has 1 aromatic carbocycles. The van der Waals surface area contributed by atoms with E-state index in [2.05, 4.69) is 5.32 Å². The molecule has 152 valence electrons. The average Bonchev–Trinajstić information content (AvgIpc) is 3.09. The van der Waals surface area contributed by atoms with E-state index in [0.717, 1.165) is 47.4 Å². The maximum absolute atomic E-state index is 12.3. The van der Waals surface area contributed by atoms with Crippen molar-refractivity contribution in [1.82, 2.24) is 0 Å². The van der Waals surface area contributed by atoms with E-state index in [4.69, 9.17) is 15.2 Å². The monoisotopic (exact) mass is 414 g/mol. The van der Waals surface area contributed by atoms with Crippen molar-refractivity contribution in [1.29, 1.82) is 0 Å². The largest absolute Gasteiger partial charge is 0.492 e. The number of hydrogen-bond acceptors (Lipinski definition) is 6. The molecule has 2 amide bonds. The van der Waals surface area contributed by atoms with Crippen LogP contribution < -0.4 is 15.8 Å². The second-order valence-electron chi connectivity index (χ2n) is 7.25. The number of carbonyl (C=O) groups excluding carboxylic acids is 3. The number of nitrogens with one attached hydrogen (secondary N) is 1. The van der Waals surface area contributed by atoms with Gasteiger partial charge in [0.25, 0.3) is 11.8 Å². The second-order valence-corrected chi connectivity index (χ2v) is 8.36. The van der Waals surface area contributed by atoms with Crippen LogP contribution in [-0.4, -0.2) is 31.0 Å². The lowest BCUT2D eigenvalue weighted by Gasteiger charge is -2.23. The summed E-state index contributed by atoms with van der Waals surface area (Å²) in [6, 6.07) is 7.54. The summed E-state index contributed by atoms with van der Waals surface area (Å²) in [5, 5.41) is 3.14. The summed E-state index contributed by atoms with van der Waals surface area (Å²) in [6.45, 7) is -0.196. The molecule has 0 fully saturated rings. The molecular formula is C21H22N2O5S. The molecule has 2 aromatic rings. The molecule has 1 atom stereocenters. The zero-order chi connectivity index (χ0) is 20.4. The summed E-state index contributed by atoms with van der Waals surface area (Å²) in [4.78, 5) is 37.6. The van der Waals surface area contributed by atoms with E-state index in [1.54, 1.807) is 0 Å². The molecule has 29 heavy (non-hydrogen) atoms. The van der Waals surface area contributed by atoms with Gasteiger partial charge in [0.1, 0.15) is 17.4 Å². The molecule has 0 unspecified atom stereocenters. The Morgan fingerprint density at radius 3 is 2.83 bits per heavy atom. The van der Waals surface area contributed by atoms with Gasteiger partial charge in [0.05, 0.1) is 11.5 Å². The number of hydrogen-bond donors (Lipinski definition) is 2. The number of rotatable bonds is 5. The van der Waals surface area contributed by atoms with Crippen LogP contribution in [0.15, 0.2) is 24.3 Å². The second kappa shape index (κ2) is 8.24. The molecule has 1 aliphatic heterocycles. The summed E-state index contributed by atoms with van der Waals surface area (Å²) in [6.07, 6.45) is 4.25. The van der Waals surface area contributed by atoms with Crippen molar-refractivity contribution in [2.45, 2.75) is 32.1 Å². The molecular weight excluding hydrogens is 392 g/mol. The van der Waals surface area contributed by atoms with Crippen molar-refractivity contribution in [3.05, 3.63) is 45.8 Å². The van der Waals surface area contributed by atoms with Crippen molar-refractivity contribution in [2.24, 2.45) is 11.7 Å². The quantitative estimate of drug-likeness (QED) is 0.731. The summed E-state index contributed by atoms with van der Waals surface area (Å²) in [5.41, 5.74) is 7.81. The third-order valence-electron chi connectivity index (χ3n) is 5.23. The Labute approximate surface area is 172 Å². The average molecular weight is 414 g/mol. The zero-order valence-electron chi connectivity index (χ0n) is 15.9. The van der Waals surface area contributed by atoms with Crippen LogP contribution in [0.2, 0.25) is 0 Å². The highest BCUT2D eigenvalue weighted by atomic mass is 32.1. The summed E-state index contributed by atoms with van der Waals surface area (Å²) < 4.78 is 10.8. The molecule has 2 aliphatic rings. The number of fused-ring (bicyclic) bond motifs is 2. The summed E-state index contributed by atoms with van der Waals surface area (Å²) >= 11 is 1.38. The molecule has 2 heterocycles. The minimum Gasteiger partial charge on any atom is -0.492 e. The molecule has 0 bridgehead atoms. The van der Waals surface area contributed by atoms with E-state index in [9.17, 15) is 14.4 Å². The number of aryl methyl sites for hydroxylation is 1. The predicted molar refractivity (Wildman–Crippen MR) is 108 cm³/mol. The Morgan fingerprint density at radius 1 is 1.21 bits per heavy atom. The highest BCUT2D eigenvalue weighted by Crippen LogP contribution is 2.37. The molecule has 3 N–H and O–H groups in total. The van der Waals surface area contributed by atoms with Crippen LogP contribution in [0.4, 0.5) is 5.00 Å². The minimum absolute atomic E-state index is 0.223. The van der Waals surface area contributed by atoms with Crippen LogP contribution in [0.3, 0.4) is 0 Å². The smallest absolute Gasteiger partial charge is 0.313 e. The SMILES string of the molecule is NC(=O)c1c(NC(=O)COC(=O)[C@@H]2COc3ccccc3C2)sc2c1CCCC2. The van der Waals surface area contributed by atoms with E-state index >= 15 is 0 Å². The number of nitrogens with two attached hydrogens (primary N) is 1. The molecule has 1 aromatic heterocycles. The number of ether oxygens (including phenoxy) is 2. The van der Waals surface area contributed by atoms with Crippen molar-refractivity contribution in [3.8, 4) is 5.75 Å². The number of benzene rings is 1. The lowest BCUT2D eigenvalue weighted by Crippen LogP contribution is -2.32. The van der Waals surface area contributed by atoms with Crippen LogP contribution in [0.5, 0.6) is 5.75 Å². The van der Waals surface area contributed by atoms with Gasteiger partial charge in [-0.1, -0.05) is 18.2 Å². The first-order chi connectivity index (χ1) is 14.0. The Morgan fingerprint density at radius 2 is 2.00 bits per heavy atom. The topological polar surface area (TPSA) is 108 Å². The minimum atomic E-state index is -0.547. The first-order valence-electron chi connectivity index (χ1n) is 9.64. The highest BCUT2D eigenvalue weighted by molar-refractivity contribution is 7.17. The van der Waals surface area contributed by atoms with E-state index in [0.29, 0.717) is 17.0 Å². The van der Waals surface area contributed by atoms with Gasteiger partial charge in [-0.25, -0.2) is 0 Å². The molecule has 4 rings (SSSR count). The molecule has 8 heteroatoms. The lowest BCUT2D eigenvalue weighted by atomic mass is 9.95. The fourth-order valence-corrected chi connectivity index (χ4v) is 5.12. The van der Waals surface area contributed by atoms with Gasteiger partial charge in [-0.3, -0.25) is 14.4 Å². The van der Waals surface area contributed by atoms with Gasteiger partial charge in [0, 0.05) is 4.88 Å². The highest BCUT2D eigenvalue weighted by Gasteiger charge is 2.28. The van der Waals surface area contributed by atoms with Crippen molar-refractivity contribution in [2.75, 3.05) is 18.5 Å². The Balaban J connectivity index is 1.36. The van der Waals surface area contributed by atoms with Gasteiger partial charge in [0.15, 0.2) is 6.61 Å². The van der Waals surface area contributed by atoms with Gasteiger partial charge in [-0.05, 0) is 49.3 Å². The van der Waals surface area contributed by atoms with Gasteiger partial charge < -0.3 is 20.5 Å². The Kier molecular flexibility index (Phi) is 5.53. The third-order valence-corrected chi connectivity index (χ3v) is 6.44. The van der Waals surface area contributed by atoms with Crippen molar-refractivity contribution >= 4 is 34.1 Å². The van der Waals surface area contributed by atoms with E-state index in [1.165, 1.54) is 11.3 Å². The molecule has 7 nitrogen and oxygen atoms in total. The number of para-hydroxylation sites is 1. The molecule has 0 saturated heterocycles. The third kappa shape index (κ3) is 4.12. The van der Waals surface area contributed by atoms with Crippen LogP contribution in [-0.2, 0) is 33.6 Å². The van der Waals surface area contributed by atoms with Crippen LogP contribution in [0, 0.1) is 5.92 Å². The maximum atomic E-state index is 12.3. The molecule has 0 saturated carbocycles. The predicted octanol–water partition coefficient (Wildman–Crippen LogP) is 2.46. The number of anilines is 1. The van der Waals surface area contributed by atoms with E-state index in [1.807, 2.05) is 24.3 Å². The first kappa shape index (κ1) is 19.4. The number of carbonyl (C=O) groups is 3. The maximum Gasteiger partial charge on any atom is 0.313 e. The van der Waals surface area contributed by atoms with Crippen LogP contribution in [0.25, 0.3) is 0 Å². The molecule has 0 radical (unpaired) electrons. The number of esters is 1. The zero-order valence-corrected chi connectivity index (χ0v) is 16.7. The normalized spacial score (nSPS) is 17.4. The lowest BCUT2D eigenvalue weighted by molar-refractivity contribution is -0.152. The first-order valence-corrected chi connectivity index (χ1v) is 10.5. The fraction of sp³-hybridized carbons (Fsp3) is 0.381. The van der Waals surface area contributed by atoms with Gasteiger partial charge >= 0.3 is 5.97 Å². The van der Waals surface area contributed by atoms with Gasteiger partial charge in [-0.2, -0.15) is 0 Å². The Hall–Kier alpha value is -2.87. The summed E-state index contributed by atoms with van der Waals surface area (Å²) in [7, 11) is 0. The number of thiophene rings is 1. The number of amides is 2. The summed E-state index contributed by atoms with van der Waals surface area (Å²) in [5.74, 6) is -1.19. The van der Waals surface area contributed by atoms with Crippen molar-refractivity contribution in [3.63, 3.8) is 0 Å². The van der Waals surface area contributed by atoms with Crippen molar-refractivity contribution < 1.29 is 23.9 Å². The standard InChI is InChI=1S/C21H22N2O5S/c22-19(25)18-14-6-2-4-8-16(14)29-20(18)23-17(24)11-28-21(26)13-9-12-5-1-3-7-15(12)27-10-13/h1,3,5,7,13H,2,4,6,8-11H2,(H2,22,25)(H,23,24)/t13-/m0/s1. The molecule has 0 spiro atoms. The molecule has 1 aliphatic carbocycles. The van der Waals surface area contributed by atoms with Crippen LogP contribution >= 0.6 is 11.3 Å². The van der Waals surface area contributed by atoms with Gasteiger partial charge in [0.2, 0.25) is 0 Å². The number of primary amides is 1.